The molecule has 0 aromatic heterocycles. The highest BCUT2D eigenvalue weighted by atomic mass is 16.5. The van der Waals surface area contributed by atoms with Gasteiger partial charge in [0.15, 0.2) is 5.79 Å². The Kier molecular flexibility index (Phi) is 10.5. The lowest BCUT2D eigenvalue weighted by molar-refractivity contribution is -0.161. The summed E-state index contributed by atoms with van der Waals surface area (Å²) in [6, 6.07) is 0. The molecule has 128 valence electrons. The zero-order valence-electron chi connectivity index (χ0n) is 14.7. The van der Waals surface area contributed by atoms with E-state index in [0.29, 0.717) is 12.8 Å². The maximum atomic E-state index is 9.94. The molecule has 0 rings (SSSR count). The second-order valence-electron chi connectivity index (χ2n) is 7.57. The van der Waals surface area contributed by atoms with Crippen LogP contribution in [0.1, 0.15) is 98.3 Å². The molecule has 3 heteroatoms. The molecule has 0 saturated heterocycles. The standard InChI is InChI=1S/C18H38O3/c1-5-6-7-8-9-10-11-12-13-16(14-17(2,3)19)15-18(4,20)21/h16,19-21H,5-15H2,1-4H3. The van der Waals surface area contributed by atoms with E-state index in [1.807, 2.05) is 0 Å². The van der Waals surface area contributed by atoms with Gasteiger partial charge in [0.05, 0.1) is 5.60 Å². The largest absolute Gasteiger partial charge is 0.390 e. The molecule has 0 amide bonds. The maximum Gasteiger partial charge on any atom is 0.159 e. The second-order valence-corrected chi connectivity index (χ2v) is 7.57. The lowest BCUT2D eigenvalue weighted by atomic mass is 9.85. The Morgan fingerprint density at radius 3 is 1.62 bits per heavy atom. The zero-order chi connectivity index (χ0) is 16.4. The van der Waals surface area contributed by atoms with E-state index < -0.39 is 11.4 Å². The van der Waals surface area contributed by atoms with Crippen molar-refractivity contribution in [3.63, 3.8) is 0 Å². The molecule has 3 nitrogen and oxygen atoms in total. The quantitative estimate of drug-likeness (QED) is 0.349. The minimum absolute atomic E-state index is 0.171. The highest BCUT2D eigenvalue weighted by Gasteiger charge is 2.26. The molecule has 0 aliphatic carbocycles. The van der Waals surface area contributed by atoms with Crippen LogP contribution in [0.15, 0.2) is 0 Å². The first-order chi connectivity index (χ1) is 9.64. The van der Waals surface area contributed by atoms with E-state index in [-0.39, 0.29) is 5.92 Å². The van der Waals surface area contributed by atoms with E-state index >= 15 is 0 Å². The number of aliphatic hydroxyl groups is 3. The fraction of sp³-hybridized carbons (Fsp3) is 1.00. The van der Waals surface area contributed by atoms with E-state index in [4.69, 9.17) is 0 Å². The van der Waals surface area contributed by atoms with Crippen molar-refractivity contribution >= 4 is 0 Å². The van der Waals surface area contributed by atoms with Crippen LogP contribution in [0, 0.1) is 5.92 Å². The summed E-state index contributed by atoms with van der Waals surface area (Å²) < 4.78 is 0. The molecular formula is C18H38O3. The minimum atomic E-state index is -1.63. The van der Waals surface area contributed by atoms with Crippen LogP contribution >= 0.6 is 0 Å². The molecule has 0 aliphatic heterocycles. The van der Waals surface area contributed by atoms with Gasteiger partial charge in [-0.1, -0.05) is 64.7 Å². The lowest BCUT2D eigenvalue weighted by Crippen LogP contribution is -2.31. The number of rotatable bonds is 13. The van der Waals surface area contributed by atoms with E-state index in [0.717, 1.165) is 12.8 Å². The van der Waals surface area contributed by atoms with E-state index in [9.17, 15) is 15.3 Å². The number of unbranched alkanes of at least 4 members (excludes halogenated alkanes) is 7. The summed E-state index contributed by atoms with van der Waals surface area (Å²) in [5.41, 5.74) is -0.740. The summed E-state index contributed by atoms with van der Waals surface area (Å²) in [5.74, 6) is -1.46. The van der Waals surface area contributed by atoms with Gasteiger partial charge >= 0.3 is 0 Å². The third kappa shape index (κ3) is 16.1. The van der Waals surface area contributed by atoms with Crippen molar-refractivity contribution in [2.45, 2.75) is 110 Å². The Morgan fingerprint density at radius 2 is 1.19 bits per heavy atom. The average molecular weight is 302 g/mol. The van der Waals surface area contributed by atoms with Gasteiger partial charge in [0.2, 0.25) is 0 Å². The summed E-state index contributed by atoms with van der Waals surface area (Å²) in [4.78, 5) is 0. The van der Waals surface area contributed by atoms with Crippen LogP contribution in [-0.2, 0) is 0 Å². The van der Waals surface area contributed by atoms with Crippen molar-refractivity contribution < 1.29 is 15.3 Å². The fourth-order valence-corrected chi connectivity index (χ4v) is 3.10. The number of hydrogen-bond acceptors (Lipinski definition) is 3. The molecule has 0 aliphatic rings. The molecule has 21 heavy (non-hydrogen) atoms. The Balaban J connectivity index is 3.86. The molecule has 3 N–H and O–H groups in total. The highest BCUT2D eigenvalue weighted by molar-refractivity contribution is 4.75. The Morgan fingerprint density at radius 1 is 0.714 bits per heavy atom. The first-order valence-corrected chi connectivity index (χ1v) is 8.81. The van der Waals surface area contributed by atoms with Gasteiger partial charge < -0.3 is 15.3 Å². The van der Waals surface area contributed by atoms with Crippen LogP contribution in [0.3, 0.4) is 0 Å². The minimum Gasteiger partial charge on any atom is -0.390 e. The van der Waals surface area contributed by atoms with Crippen molar-refractivity contribution in [2.24, 2.45) is 5.92 Å². The van der Waals surface area contributed by atoms with Crippen molar-refractivity contribution in [1.29, 1.82) is 0 Å². The molecule has 0 aromatic carbocycles. The lowest BCUT2D eigenvalue weighted by Gasteiger charge is -2.29. The van der Waals surface area contributed by atoms with Gasteiger partial charge in [-0.2, -0.15) is 0 Å². The zero-order valence-corrected chi connectivity index (χ0v) is 14.7. The molecular weight excluding hydrogens is 264 g/mol. The molecule has 1 unspecified atom stereocenters. The fourth-order valence-electron chi connectivity index (χ4n) is 3.10. The first kappa shape index (κ1) is 20.9. The monoisotopic (exact) mass is 302 g/mol. The van der Waals surface area contributed by atoms with E-state index in [2.05, 4.69) is 6.92 Å². The molecule has 0 fully saturated rings. The molecule has 0 saturated carbocycles. The molecule has 0 radical (unpaired) electrons. The molecule has 0 aromatic rings. The summed E-state index contributed by atoms with van der Waals surface area (Å²) >= 11 is 0. The van der Waals surface area contributed by atoms with Crippen molar-refractivity contribution in [3.8, 4) is 0 Å². The van der Waals surface area contributed by atoms with Gasteiger partial charge in [0.25, 0.3) is 0 Å². The number of hydrogen-bond donors (Lipinski definition) is 3. The van der Waals surface area contributed by atoms with Crippen LogP contribution in [0.4, 0.5) is 0 Å². The predicted molar refractivity (Wildman–Crippen MR) is 89.1 cm³/mol. The summed E-state index contributed by atoms with van der Waals surface area (Å²) in [6.45, 7) is 7.25. The normalized spacial score (nSPS) is 14.4. The molecule has 0 bridgehead atoms. The van der Waals surface area contributed by atoms with Crippen molar-refractivity contribution in [3.05, 3.63) is 0 Å². The predicted octanol–water partition coefficient (Wildman–Crippen LogP) is 4.39. The molecule has 0 heterocycles. The second kappa shape index (κ2) is 10.6. The van der Waals surface area contributed by atoms with Gasteiger partial charge in [0.1, 0.15) is 0 Å². The Labute approximate surface area is 131 Å². The van der Waals surface area contributed by atoms with Gasteiger partial charge in [0, 0.05) is 6.42 Å². The van der Waals surface area contributed by atoms with Gasteiger partial charge in [-0.15, -0.1) is 0 Å². The highest BCUT2D eigenvalue weighted by Crippen LogP contribution is 2.28. The van der Waals surface area contributed by atoms with Crippen molar-refractivity contribution in [1.82, 2.24) is 0 Å². The van der Waals surface area contributed by atoms with Crippen LogP contribution < -0.4 is 0 Å². The summed E-state index contributed by atoms with van der Waals surface area (Å²) in [5, 5.41) is 29.1. The summed E-state index contributed by atoms with van der Waals surface area (Å²) in [7, 11) is 0. The van der Waals surface area contributed by atoms with Gasteiger partial charge in [-0.25, -0.2) is 0 Å². The third-order valence-corrected chi connectivity index (χ3v) is 3.93. The van der Waals surface area contributed by atoms with Crippen LogP contribution in [-0.4, -0.2) is 26.7 Å². The van der Waals surface area contributed by atoms with Gasteiger partial charge in [-0.05, 0) is 33.1 Å². The summed E-state index contributed by atoms with van der Waals surface area (Å²) in [6.07, 6.45) is 12.2. The third-order valence-electron chi connectivity index (χ3n) is 3.93. The first-order valence-electron chi connectivity index (χ1n) is 8.81. The smallest absolute Gasteiger partial charge is 0.159 e. The van der Waals surface area contributed by atoms with Gasteiger partial charge in [-0.3, -0.25) is 0 Å². The molecule has 0 spiro atoms. The van der Waals surface area contributed by atoms with E-state index in [1.54, 1.807) is 13.8 Å². The Hall–Kier alpha value is -0.120. The topological polar surface area (TPSA) is 60.7 Å². The SMILES string of the molecule is CCCCCCCCCCC(CC(C)(C)O)CC(C)(O)O. The Bertz CT molecular complexity index is 222. The average Bonchev–Trinajstić information content (AvgIpc) is 2.28. The van der Waals surface area contributed by atoms with E-state index in [1.165, 1.54) is 51.9 Å². The molecule has 1 atom stereocenters. The van der Waals surface area contributed by atoms with Crippen LogP contribution in [0.5, 0.6) is 0 Å². The van der Waals surface area contributed by atoms with Crippen LogP contribution in [0.25, 0.3) is 0 Å². The van der Waals surface area contributed by atoms with Crippen LogP contribution in [0.2, 0.25) is 0 Å². The maximum absolute atomic E-state index is 9.94. The van der Waals surface area contributed by atoms with Crippen molar-refractivity contribution in [2.75, 3.05) is 0 Å².